The summed E-state index contributed by atoms with van der Waals surface area (Å²) in [7, 11) is 0. The van der Waals surface area contributed by atoms with Crippen LogP contribution < -0.4 is 5.32 Å². The van der Waals surface area contributed by atoms with Crippen LogP contribution in [-0.2, 0) is 6.54 Å². The molecule has 4 nitrogen and oxygen atoms in total. The molecule has 0 atom stereocenters. The highest BCUT2D eigenvalue weighted by Gasteiger charge is 2.25. The second-order valence-corrected chi connectivity index (χ2v) is 6.78. The summed E-state index contributed by atoms with van der Waals surface area (Å²) >= 11 is 0. The molecule has 3 heterocycles. The molecule has 0 radical (unpaired) electrons. The Hall–Kier alpha value is -0.840. The summed E-state index contributed by atoms with van der Waals surface area (Å²) in [6, 6.07) is 4.84. The average Bonchev–Trinajstić information content (AvgIpc) is 3.09. The minimum absolute atomic E-state index is 0.851. The van der Waals surface area contributed by atoms with Gasteiger partial charge in [-0.05, 0) is 83.5 Å². The molecule has 3 rings (SSSR count). The van der Waals surface area contributed by atoms with E-state index in [0.29, 0.717) is 0 Å². The maximum absolute atomic E-state index is 5.32. The molecule has 2 aliphatic heterocycles. The number of rotatable bonds is 7. The van der Waals surface area contributed by atoms with Crippen molar-refractivity contribution in [3.63, 3.8) is 0 Å². The van der Waals surface area contributed by atoms with E-state index in [-0.39, 0.29) is 0 Å². The predicted octanol–water partition coefficient (Wildman–Crippen LogP) is 2.71. The molecule has 4 heteroatoms. The predicted molar refractivity (Wildman–Crippen MR) is 89.9 cm³/mol. The second-order valence-electron chi connectivity index (χ2n) is 6.78. The van der Waals surface area contributed by atoms with Crippen LogP contribution in [0.5, 0.6) is 0 Å². The maximum atomic E-state index is 5.32. The second kappa shape index (κ2) is 8.70. The van der Waals surface area contributed by atoms with Crippen molar-refractivity contribution in [2.75, 3.05) is 39.3 Å². The number of nitrogens with zero attached hydrogens (tertiary/aromatic N) is 2. The van der Waals surface area contributed by atoms with Crippen LogP contribution in [0.4, 0.5) is 0 Å². The zero-order valence-corrected chi connectivity index (χ0v) is 13.8. The van der Waals surface area contributed by atoms with Crippen molar-refractivity contribution < 1.29 is 4.42 Å². The summed E-state index contributed by atoms with van der Waals surface area (Å²) in [4.78, 5) is 5.40. The molecule has 124 valence electrons. The molecular weight excluding hydrogens is 274 g/mol. The van der Waals surface area contributed by atoms with Crippen LogP contribution in [0.1, 0.15) is 44.3 Å². The topological polar surface area (TPSA) is 31.7 Å². The number of hydrogen-bond donors (Lipinski definition) is 1. The fraction of sp³-hybridized carbons (Fsp3) is 0.778. The highest BCUT2D eigenvalue weighted by Crippen LogP contribution is 2.20. The van der Waals surface area contributed by atoms with Gasteiger partial charge in [0.2, 0.25) is 0 Å². The molecule has 2 aliphatic rings. The third-order valence-corrected chi connectivity index (χ3v) is 5.17. The molecule has 2 saturated heterocycles. The monoisotopic (exact) mass is 305 g/mol. The molecule has 0 bridgehead atoms. The van der Waals surface area contributed by atoms with E-state index >= 15 is 0 Å². The van der Waals surface area contributed by atoms with Crippen molar-refractivity contribution in [3.05, 3.63) is 24.2 Å². The van der Waals surface area contributed by atoms with Crippen LogP contribution in [-0.4, -0.2) is 55.1 Å². The molecule has 1 aromatic rings. The van der Waals surface area contributed by atoms with Crippen molar-refractivity contribution in [1.82, 2.24) is 15.1 Å². The number of likely N-dealkylation sites (tertiary alicyclic amines) is 2. The van der Waals surface area contributed by atoms with E-state index in [1.807, 2.05) is 12.1 Å². The van der Waals surface area contributed by atoms with Gasteiger partial charge in [-0.1, -0.05) is 6.42 Å². The van der Waals surface area contributed by atoms with E-state index in [9.17, 15) is 0 Å². The third kappa shape index (κ3) is 4.83. The minimum atomic E-state index is 0.851. The molecule has 2 fully saturated rings. The van der Waals surface area contributed by atoms with Crippen LogP contribution in [0.2, 0.25) is 0 Å². The van der Waals surface area contributed by atoms with Gasteiger partial charge in [-0.3, -0.25) is 0 Å². The lowest BCUT2D eigenvalue weighted by molar-refractivity contribution is 0.0921. The van der Waals surface area contributed by atoms with Crippen LogP contribution in [0.25, 0.3) is 0 Å². The van der Waals surface area contributed by atoms with E-state index in [0.717, 1.165) is 24.9 Å². The molecule has 0 aromatic carbocycles. The van der Waals surface area contributed by atoms with Gasteiger partial charge in [0, 0.05) is 6.04 Å². The standard InChI is InChI=1S/C18H31N3O/c1-2-11-21(12-3-1)17-7-13-20(14-8-17)10-5-9-19-16-18-6-4-15-22-18/h4,6,15,17,19H,1-3,5,7-14,16H2. The molecular formula is C18H31N3O. The third-order valence-electron chi connectivity index (χ3n) is 5.17. The SMILES string of the molecule is c1coc(CNCCCN2CCC(N3CCCCC3)CC2)c1. The Kier molecular flexibility index (Phi) is 6.34. The van der Waals surface area contributed by atoms with Gasteiger partial charge < -0.3 is 19.5 Å². The lowest BCUT2D eigenvalue weighted by Crippen LogP contribution is -2.47. The van der Waals surface area contributed by atoms with Gasteiger partial charge in [-0.2, -0.15) is 0 Å². The van der Waals surface area contributed by atoms with Gasteiger partial charge in [-0.15, -0.1) is 0 Å². The summed E-state index contributed by atoms with van der Waals surface area (Å²) < 4.78 is 5.32. The summed E-state index contributed by atoms with van der Waals surface area (Å²) in [5, 5.41) is 3.46. The number of piperidine rings is 2. The van der Waals surface area contributed by atoms with Gasteiger partial charge in [0.05, 0.1) is 12.8 Å². The first kappa shape index (κ1) is 16.0. The quantitative estimate of drug-likeness (QED) is 0.785. The number of furan rings is 1. The molecule has 0 spiro atoms. The Morgan fingerprint density at radius 2 is 1.91 bits per heavy atom. The Labute approximate surface area is 134 Å². The summed E-state index contributed by atoms with van der Waals surface area (Å²) in [5.41, 5.74) is 0. The highest BCUT2D eigenvalue weighted by molar-refractivity contribution is 4.97. The highest BCUT2D eigenvalue weighted by atomic mass is 16.3. The van der Waals surface area contributed by atoms with Crippen molar-refractivity contribution >= 4 is 0 Å². The van der Waals surface area contributed by atoms with Crippen molar-refractivity contribution in [3.8, 4) is 0 Å². The van der Waals surface area contributed by atoms with Gasteiger partial charge in [0.25, 0.3) is 0 Å². The molecule has 22 heavy (non-hydrogen) atoms. The largest absolute Gasteiger partial charge is 0.468 e. The fourth-order valence-electron chi connectivity index (χ4n) is 3.84. The Bertz CT molecular complexity index is 392. The summed E-state index contributed by atoms with van der Waals surface area (Å²) in [6.45, 7) is 8.44. The zero-order valence-electron chi connectivity index (χ0n) is 13.8. The Morgan fingerprint density at radius 1 is 1.09 bits per heavy atom. The lowest BCUT2D eigenvalue weighted by Gasteiger charge is -2.40. The summed E-state index contributed by atoms with van der Waals surface area (Å²) in [5.74, 6) is 1.03. The average molecular weight is 305 g/mol. The minimum Gasteiger partial charge on any atom is -0.468 e. The Balaban J connectivity index is 1.24. The fourth-order valence-corrected chi connectivity index (χ4v) is 3.84. The van der Waals surface area contributed by atoms with Crippen molar-refractivity contribution in [2.45, 2.75) is 51.1 Å². The van der Waals surface area contributed by atoms with Gasteiger partial charge in [0.1, 0.15) is 5.76 Å². The lowest BCUT2D eigenvalue weighted by atomic mass is 10.00. The first-order valence-electron chi connectivity index (χ1n) is 9.11. The molecule has 0 saturated carbocycles. The van der Waals surface area contributed by atoms with E-state index < -0.39 is 0 Å². The molecule has 0 aliphatic carbocycles. The van der Waals surface area contributed by atoms with E-state index in [1.54, 1.807) is 6.26 Å². The zero-order chi connectivity index (χ0) is 15.0. The van der Waals surface area contributed by atoms with Crippen LogP contribution in [0, 0.1) is 0 Å². The van der Waals surface area contributed by atoms with Crippen LogP contribution >= 0.6 is 0 Å². The van der Waals surface area contributed by atoms with Gasteiger partial charge in [0.15, 0.2) is 0 Å². The smallest absolute Gasteiger partial charge is 0.117 e. The molecule has 1 aromatic heterocycles. The van der Waals surface area contributed by atoms with Gasteiger partial charge in [-0.25, -0.2) is 0 Å². The van der Waals surface area contributed by atoms with Crippen molar-refractivity contribution in [2.24, 2.45) is 0 Å². The molecule has 0 amide bonds. The van der Waals surface area contributed by atoms with Crippen molar-refractivity contribution in [1.29, 1.82) is 0 Å². The van der Waals surface area contributed by atoms with E-state index in [4.69, 9.17) is 4.42 Å². The maximum Gasteiger partial charge on any atom is 0.117 e. The normalized spacial score (nSPS) is 22.2. The first-order valence-corrected chi connectivity index (χ1v) is 9.11. The van der Waals surface area contributed by atoms with Gasteiger partial charge >= 0.3 is 0 Å². The van der Waals surface area contributed by atoms with E-state index in [2.05, 4.69) is 15.1 Å². The molecule has 0 unspecified atom stereocenters. The number of hydrogen-bond acceptors (Lipinski definition) is 4. The summed E-state index contributed by atoms with van der Waals surface area (Å²) in [6.07, 6.45) is 10.0. The van der Waals surface area contributed by atoms with E-state index in [1.165, 1.54) is 71.2 Å². The molecule has 1 N–H and O–H groups in total. The van der Waals surface area contributed by atoms with Crippen LogP contribution in [0.15, 0.2) is 22.8 Å². The Morgan fingerprint density at radius 3 is 2.64 bits per heavy atom. The van der Waals surface area contributed by atoms with Crippen LogP contribution in [0.3, 0.4) is 0 Å². The number of nitrogens with one attached hydrogen (secondary N) is 1. The first-order chi connectivity index (χ1) is 10.9.